The van der Waals surface area contributed by atoms with Gasteiger partial charge in [-0.2, -0.15) is 0 Å². The molecule has 2 nitrogen and oxygen atoms in total. The predicted octanol–water partition coefficient (Wildman–Crippen LogP) is 3.89. The van der Waals surface area contributed by atoms with Gasteiger partial charge in [0.1, 0.15) is 0 Å². The van der Waals surface area contributed by atoms with Crippen molar-refractivity contribution in [2.75, 3.05) is 11.5 Å². The predicted molar refractivity (Wildman–Crippen MR) is 78.6 cm³/mol. The van der Waals surface area contributed by atoms with Crippen molar-refractivity contribution in [1.29, 1.82) is 0 Å². The molecule has 0 bridgehead atoms. The molecule has 0 amide bonds. The fourth-order valence-corrected chi connectivity index (χ4v) is 5.66. The molecule has 4 heteroatoms. The van der Waals surface area contributed by atoms with Gasteiger partial charge < -0.3 is 4.57 Å². The molecule has 0 aliphatic carbocycles. The van der Waals surface area contributed by atoms with E-state index in [2.05, 4.69) is 53.1 Å². The summed E-state index contributed by atoms with van der Waals surface area (Å²) >= 11 is 4.39. The molecule has 1 aliphatic heterocycles. The van der Waals surface area contributed by atoms with Gasteiger partial charge in [-0.3, -0.25) is 0 Å². The number of aryl methyl sites for hydroxylation is 1. The van der Waals surface area contributed by atoms with Gasteiger partial charge in [0, 0.05) is 18.9 Å². The van der Waals surface area contributed by atoms with Gasteiger partial charge in [-0.25, -0.2) is 4.98 Å². The maximum absolute atomic E-state index is 4.12. The highest BCUT2D eigenvalue weighted by molar-refractivity contribution is 8.18. The van der Waals surface area contributed by atoms with Gasteiger partial charge in [0.15, 0.2) is 0 Å². The Balaban J connectivity index is 1.92. The Morgan fingerprint density at radius 2 is 2.12 bits per heavy atom. The Morgan fingerprint density at radius 3 is 2.71 bits per heavy atom. The average molecular weight is 270 g/mol. The summed E-state index contributed by atoms with van der Waals surface area (Å²) in [5.41, 5.74) is 0. The lowest BCUT2D eigenvalue weighted by Crippen LogP contribution is -2.29. The third-order valence-electron chi connectivity index (χ3n) is 3.20. The zero-order valence-electron chi connectivity index (χ0n) is 10.8. The topological polar surface area (TPSA) is 17.8 Å². The first-order valence-electron chi connectivity index (χ1n) is 6.48. The molecule has 1 aliphatic rings. The Labute approximate surface area is 113 Å². The maximum Gasteiger partial charge on any atom is 0.0945 e. The Hall–Kier alpha value is -0.0900. The van der Waals surface area contributed by atoms with E-state index in [4.69, 9.17) is 0 Å². The molecular weight excluding hydrogens is 248 g/mol. The van der Waals surface area contributed by atoms with Crippen molar-refractivity contribution in [2.24, 2.45) is 5.92 Å². The number of aromatic nitrogens is 2. The number of nitrogens with zero attached hydrogens (tertiary/aromatic N) is 2. The van der Waals surface area contributed by atoms with E-state index in [0.717, 1.165) is 12.5 Å². The Morgan fingerprint density at radius 1 is 1.35 bits per heavy atom. The summed E-state index contributed by atoms with van der Waals surface area (Å²) in [4.78, 5) is 4.12. The van der Waals surface area contributed by atoms with Crippen LogP contribution < -0.4 is 0 Å². The van der Waals surface area contributed by atoms with E-state index in [9.17, 15) is 0 Å². The molecule has 1 aromatic rings. The van der Waals surface area contributed by atoms with E-state index in [1.54, 1.807) is 0 Å². The van der Waals surface area contributed by atoms with Crippen molar-refractivity contribution in [3.63, 3.8) is 0 Å². The fourth-order valence-electron chi connectivity index (χ4n) is 2.19. The molecule has 2 heterocycles. The third kappa shape index (κ3) is 3.68. The van der Waals surface area contributed by atoms with E-state index >= 15 is 0 Å². The molecule has 1 fully saturated rings. The van der Waals surface area contributed by atoms with E-state index in [1.165, 1.54) is 30.8 Å². The first kappa shape index (κ1) is 13.3. The van der Waals surface area contributed by atoms with Crippen molar-refractivity contribution in [2.45, 2.75) is 43.7 Å². The van der Waals surface area contributed by atoms with Gasteiger partial charge in [-0.15, -0.1) is 23.5 Å². The number of hydrogen-bond acceptors (Lipinski definition) is 3. The van der Waals surface area contributed by atoms with Crippen molar-refractivity contribution < 1.29 is 0 Å². The Kier molecular flexibility index (Phi) is 4.86. The summed E-state index contributed by atoms with van der Waals surface area (Å²) in [5, 5.41) is 0. The first-order valence-corrected chi connectivity index (χ1v) is 8.45. The highest BCUT2D eigenvalue weighted by atomic mass is 32.2. The summed E-state index contributed by atoms with van der Waals surface area (Å²) in [6.45, 7) is 5.78. The van der Waals surface area contributed by atoms with Crippen LogP contribution in [0.3, 0.4) is 0 Å². The molecular formula is C13H22N2S2. The molecule has 0 atom stereocenters. The molecule has 1 saturated heterocycles. The molecule has 0 radical (unpaired) electrons. The van der Waals surface area contributed by atoms with Crippen molar-refractivity contribution in [1.82, 2.24) is 9.55 Å². The van der Waals surface area contributed by atoms with Crippen LogP contribution in [0.1, 0.15) is 33.1 Å². The van der Waals surface area contributed by atoms with Crippen LogP contribution in [-0.2, 0) is 6.54 Å². The summed E-state index contributed by atoms with van der Waals surface area (Å²) in [5.74, 6) is 3.54. The maximum atomic E-state index is 4.12. The lowest BCUT2D eigenvalue weighted by atomic mass is 10.2. The lowest BCUT2D eigenvalue weighted by Gasteiger charge is -2.38. The largest absolute Gasteiger partial charge is 0.337 e. The SMILES string of the molecule is CCCC1(CCn2ccnc2)SCC(C)CS1. The normalized spacial score (nSPS) is 29.4. The van der Waals surface area contributed by atoms with Gasteiger partial charge in [0.2, 0.25) is 0 Å². The minimum atomic E-state index is 0.464. The van der Waals surface area contributed by atoms with E-state index in [-0.39, 0.29) is 0 Å². The zero-order valence-corrected chi connectivity index (χ0v) is 12.4. The number of thioether (sulfide) groups is 2. The lowest BCUT2D eigenvalue weighted by molar-refractivity contribution is 0.559. The average Bonchev–Trinajstić information content (AvgIpc) is 2.84. The number of rotatable bonds is 5. The minimum absolute atomic E-state index is 0.464. The van der Waals surface area contributed by atoms with Crippen molar-refractivity contribution in [3.8, 4) is 0 Å². The van der Waals surface area contributed by atoms with Crippen LogP contribution in [0.25, 0.3) is 0 Å². The molecule has 0 unspecified atom stereocenters. The van der Waals surface area contributed by atoms with Crippen LogP contribution in [0.5, 0.6) is 0 Å². The van der Waals surface area contributed by atoms with Crippen LogP contribution in [0.4, 0.5) is 0 Å². The Bertz CT molecular complexity index is 316. The smallest absolute Gasteiger partial charge is 0.0945 e. The van der Waals surface area contributed by atoms with Crippen LogP contribution in [0.15, 0.2) is 18.7 Å². The van der Waals surface area contributed by atoms with E-state index in [0.29, 0.717) is 4.08 Å². The first-order chi connectivity index (χ1) is 8.24. The number of imidazole rings is 1. The third-order valence-corrected chi connectivity index (χ3v) is 7.25. The van der Waals surface area contributed by atoms with Crippen LogP contribution in [0.2, 0.25) is 0 Å². The van der Waals surface area contributed by atoms with Gasteiger partial charge >= 0.3 is 0 Å². The van der Waals surface area contributed by atoms with Gasteiger partial charge in [-0.05, 0) is 30.3 Å². The summed E-state index contributed by atoms with van der Waals surface area (Å²) in [6, 6.07) is 0. The fraction of sp³-hybridized carbons (Fsp3) is 0.769. The second-order valence-electron chi connectivity index (χ2n) is 4.94. The van der Waals surface area contributed by atoms with Gasteiger partial charge in [-0.1, -0.05) is 20.3 Å². The molecule has 0 saturated carbocycles. The molecule has 2 rings (SSSR count). The zero-order chi connectivity index (χ0) is 12.1. The minimum Gasteiger partial charge on any atom is -0.337 e. The second kappa shape index (κ2) is 6.19. The van der Waals surface area contributed by atoms with Gasteiger partial charge in [0.05, 0.1) is 10.4 Å². The summed E-state index contributed by atoms with van der Waals surface area (Å²) in [6.07, 6.45) is 9.76. The molecule has 17 heavy (non-hydrogen) atoms. The molecule has 0 aromatic carbocycles. The van der Waals surface area contributed by atoms with Gasteiger partial charge in [0.25, 0.3) is 0 Å². The van der Waals surface area contributed by atoms with Crippen molar-refractivity contribution >= 4 is 23.5 Å². The second-order valence-corrected chi connectivity index (χ2v) is 8.00. The van der Waals surface area contributed by atoms with E-state index in [1.807, 2.05) is 12.5 Å². The molecule has 1 aromatic heterocycles. The monoisotopic (exact) mass is 270 g/mol. The van der Waals surface area contributed by atoms with Crippen LogP contribution >= 0.6 is 23.5 Å². The standard InChI is InChI=1S/C13H22N2S2/c1-3-4-13(16-9-12(2)10-17-13)5-7-15-8-6-14-11-15/h6,8,11-12H,3-5,7,9-10H2,1-2H3. The highest BCUT2D eigenvalue weighted by Gasteiger charge is 2.34. The molecule has 96 valence electrons. The number of hydrogen-bond donors (Lipinski definition) is 0. The van der Waals surface area contributed by atoms with E-state index < -0.39 is 0 Å². The molecule has 0 N–H and O–H groups in total. The van der Waals surface area contributed by atoms with Crippen molar-refractivity contribution in [3.05, 3.63) is 18.7 Å². The van der Waals surface area contributed by atoms with Crippen LogP contribution in [0, 0.1) is 5.92 Å². The quantitative estimate of drug-likeness (QED) is 0.808. The summed E-state index contributed by atoms with van der Waals surface area (Å²) in [7, 11) is 0. The highest BCUT2D eigenvalue weighted by Crippen LogP contribution is 2.49. The van der Waals surface area contributed by atoms with Crippen LogP contribution in [-0.4, -0.2) is 25.1 Å². The summed E-state index contributed by atoms with van der Waals surface area (Å²) < 4.78 is 2.67. The molecule has 0 spiro atoms.